The Morgan fingerprint density at radius 2 is 1.83 bits per heavy atom. The number of hydroxylamine groups is 1. The molecule has 0 rings (SSSR count). The van der Waals surface area contributed by atoms with Gasteiger partial charge in [0.25, 0.3) is 5.91 Å². The number of carbonyl (C=O) groups is 1. The van der Waals surface area contributed by atoms with Gasteiger partial charge < -0.3 is 5.21 Å². The summed E-state index contributed by atoms with van der Waals surface area (Å²) in [5, 5.41) is 11.0. The fraction of sp³-hybridized carbons (Fsp3) is 0.786. The molecule has 4 nitrogen and oxygen atoms in total. The van der Waals surface area contributed by atoms with E-state index in [4.69, 9.17) is 0 Å². The first-order chi connectivity index (χ1) is 8.70. The van der Waals surface area contributed by atoms with E-state index in [0.717, 1.165) is 25.7 Å². The number of nitrogens with one attached hydrogen (secondary N) is 2. The predicted molar refractivity (Wildman–Crippen MR) is 74.8 cm³/mol. The Labute approximate surface area is 111 Å². The Bertz CT molecular complexity index is 220. The normalized spacial score (nSPS) is 12.1. The maximum atomic E-state index is 11.4. The van der Waals surface area contributed by atoms with Crippen molar-refractivity contribution in [3.8, 4) is 0 Å². The molecule has 0 saturated carbocycles. The van der Waals surface area contributed by atoms with Crippen molar-refractivity contribution in [2.45, 2.75) is 64.7 Å². The highest BCUT2D eigenvalue weighted by Crippen LogP contribution is 2.08. The summed E-state index contributed by atoms with van der Waals surface area (Å²) >= 11 is 0. The number of allylic oxidation sites excluding steroid dienone is 1. The van der Waals surface area contributed by atoms with Crippen LogP contribution >= 0.6 is 0 Å². The van der Waals surface area contributed by atoms with Gasteiger partial charge in [-0.15, -0.1) is 6.58 Å². The van der Waals surface area contributed by atoms with Crippen LogP contribution in [0.25, 0.3) is 0 Å². The second-order valence-electron chi connectivity index (χ2n) is 4.67. The van der Waals surface area contributed by atoms with Crippen LogP contribution < -0.4 is 10.6 Å². The molecule has 1 atom stereocenters. The van der Waals surface area contributed by atoms with E-state index >= 15 is 0 Å². The van der Waals surface area contributed by atoms with Gasteiger partial charge in [0.2, 0.25) is 0 Å². The van der Waals surface area contributed by atoms with Crippen LogP contribution in [0.3, 0.4) is 0 Å². The van der Waals surface area contributed by atoms with Gasteiger partial charge >= 0.3 is 0 Å². The number of rotatable bonds is 12. The van der Waals surface area contributed by atoms with Crippen molar-refractivity contribution in [2.75, 3.05) is 6.54 Å². The minimum atomic E-state index is -0.146. The summed E-state index contributed by atoms with van der Waals surface area (Å²) in [6, 6.07) is 0. The molecule has 1 amide bonds. The maximum Gasteiger partial charge on any atom is 0.265 e. The highest BCUT2D eigenvalue weighted by Gasteiger charge is 2.04. The largest absolute Gasteiger partial charge is 0.608 e. The molecule has 0 aliphatic carbocycles. The highest BCUT2D eigenvalue weighted by molar-refractivity contribution is 5.74. The number of hydrogen-bond acceptors (Lipinski definition) is 2. The average molecular weight is 256 g/mol. The molecule has 0 saturated heterocycles. The molecule has 0 aromatic heterocycles. The van der Waals surface area contributed by atoms with E-state index in [1.807, 2.05) is 13.0 Å². The first kappa shape index (κ1) is 17.1. The van der Waals surface area contributed by atoms with Gasteiger partial charge in [-0.2, -0.15) is 0 Å². The monoisotopic (exact) mass is 256 g/mol. The lowest BCUT2D eigenvalue weighted by molar-refractivity contribution is -0.886. The van der Waals surface area contributed by atoms with Gasteiger partial charge in [-0.25, -0.2) is 5.43 Å². The number of quaternary nitrogens is 1. The summed E-state index contributed by atoms with van der Waals surface area (Å²) in [5.74, 6) is -0.125. The van der Waals surface area contributed by atoms with E-state index in [2.05, 4.69) is 12.0 Å². The van der Waals surface area contributed by atoms with Crippen LogP contribution in [-0.4, -0.2) is 12.5 Å². The van der Waals surface area contributed by atoms with Crippen LogP contribution in [0.4, 0.5) is 0 Å². The van der Waals surface area contributed by atoms with Crippen LogP contribution in [0.5, 0.6) is 0 Å². The zero-order chi connectivity index (χ0) is 13.6. The van der Waals surface area contributed by atoms with E-state index in [-0.39, 0.29) is 11.1 Å². The maximum absolute atomic E-state index is 11.4. The molecule has 0 aromatic carbocycles. The van der Waals surface area contributed by atoms with E-state index in [1.54, 1.807) is 0 Å². The van der Waals surface area contributed by atoms with Crippen LogP contribution in [0.1, 0.15) is 64.7 Å². The van der Waals surface area contributed by atoms with Gasteiger partial charge in [0.15, 0.2) is 0 Å². The van der Waals surface area contributed by atoms with Crippen LogP contribution in [0, 0.1) is 5.21 Å². The molecular formula is C14H28N2O2. The van der Waals surface area contributed by atoms with E-state index in [0.29, 0.717) is 13.0 Å². The fourth-order valence-electron chi connectivity index (χ4n) is 1.79. The molecule has 18 heavy (non-hydrogen) atoms. The van der Waals surface area contributed by atoms with E-state index < -0.39 is 0 Å². The Kier molecular flexibility index (Phi) is 12.0. The van der Waals surface area contributed by atoms with Gasteiger partial charge in [0.05, 0.1) is 6.54 Å². The lowest BCUT2D eigenvalue weighted by atomic mass is 10.1. The van der Waals surface area contributed by atoms with Gasteiger partial charge in [0, 0.05) is 6.42 Å². The molecule has 0 bridgehead atoms. The zero-order valence-corrected chi connectivity index (χ0v) is 11.7. The fourth-order valence-corrected chi connectivity index (χ4v) is 1.79. The molecule has 0 radical (unpaired) electrons. The van der Waals surface area contributed by atoms with E-state index in [9.17, 15) is 10.0 Å². The molecule has 0 heterocycles. The van der Waals surface area contributed by atoms with Gasteiger partial charge in [-0.1, -0.05) is 38.7 Å². The minimum absolute atomic E-state index is 0.125. The molecule has 0 aliphatic heterocycles. The Hall–Kier alpha value is -0.870. The second kappa shape index (κ2) is 12.6. The number of unbranched alkanes of at least 4 members (excludes halogenated alkanes) is 6. The SMILES string of the molecule is C=CCCCCCCCCC(=O)N[NH+]([O-])CCC. The van der Waals surface area contributed by atoms with E-state index in [1.165, 1.54) is 25.7 Å². The number of hydrogen-bond donors (Lipinski definition) is 2. The standard InChI is InChI=1S/C14H28N2O2/c1-3-5-6-7-8-9-10-11-12-14(17)15-16(18)13-4-2/h3,16H,1,4-13H2,2H3,(H,15,17). The molecule has 0 aromatic rings. The Balaban J connectivity index is 3.27. The quantitative estimate of drug-likeness (QED) is 0.319. The number of amides is 1. The van der Waals surface area contributed by atoms with Crippen molar-refractivity contribution in [3.05, 3.63) is 17.9 Å². The van der Waals surface area contributed by atoms with Crippen molar-refractivity contribution in [1.29, 1.82) is 0 Å². The molecule has 0 aliphatic rings. The smallest absolute Gasteiger partial charge is 0.265 e. The summed E-state index contributed by atoms with van der Waals surface area (Å²) in [6.45, 7) is 6.06. The Morgan fingerprint density at radius 3 is 2.44 bits per heavy atom. The lowest BCUT2D eigenvalue weighted by Crippen LogP contribution is -3.14. The van der Waals surface area contributed by atoms with Crippen molar-refractivity contribution in [1.82, 2.24) is 5.43 Å². The van der Waals surface area contributed by atoms with Gasteiger partial charge in [-0.3, -0.25) is 9.97 Å². The third-order valence-electron chi connectivity index (χ3n) is 2.82. The first-order valence-corrected chi connectivity index (χ1v) is 7.14. The van der Waals surface area contributed by atoms with Crippen molar-refractivity contribution < 1.29 is 9.97 Å². The zero-order valence-electron chi connectivity index (χ0n) is 11.7. The van der Waals surface area contributed by atoms with Gasteiger partial charge in [-0.05, 0) is 25.7 Å². The molecule has 0 fully saturated rings. The van der Waals surface area contributed by atoms with Crippen molar-refractivity contribution in [3.63, 3.8) is 0 Å². The van der Waals surface area contributed by atoms with Crippen molar-refractivity contribution in [2.24, 2.45) is 0 Å². The third-order valence-corrected chi connectivity index (χ3v) is 2.82. The minimum Gasteiger partial charge on any atom is -0.608 e. The summed E-state index contributed by atoms with van der Waals surface area (Å²) in [6.07, 6.45) is 11.1. The molecule has 4 heteroatoms. The van der Waals surface area contributed by atoms with Crippen molar-refractivity contribution >= 4 is 5.91 Å². The molecule has 0 spiro atoms. The van der Waals surface area contributed by atoms with Crippen LogP contribution in [-0.2, 0) is 4.79 Å². The molecular weight excluding hydrogens is 228 g/mol. The first-order valence-electron chi connectivity index (χ1n) is 7.14. The number of carbonyl (C=O) groups excluding carboxylic acids is 1. The third kappa shape index (κ3) is 11.6. The molecule has 1 unspecified atom stereocenters. The topological polar surface area (TPSA) is 56.6 Å². The summed E-state index contributed by atoms with van der Waals surface area (Å²) in [4.78, 5) is 11.4. The summed E-state index contributed by atoms with van der Waals surface area (Å²) in [7, 11) is 0. The molecule has 106 valence electrons. The Morgan fingerprint density at radius 1 is 1.22 bits per heavy atom. The highest BCUT2D eigenvalue weighted by atomic mass is 16.5. The van der Waals surface area contributed by atoms with Crippen LogP contribution in [0.2, 0.25) is 0 Å². The predicted octanol–water partition coefficient (Wildman–Crippen LogP) is 2.12. The average Bonchev–Trinajstić information content (AvgIpc) is 2.32. The van der Waals surface area contributed by atoms with Gasteiger partial charge in [0.1, 0.15) is 0 Å². The summed E-state index contributed by atoms with van der Waals surface area (Å²) < 4.78 is 0. The summed E-state index contributed by atoms with van der Waals surface area (Å²) in [5.41, 5.74) is 2.41. The lowest BCUT2D eigenvalue weighted by Gasteiger charge is -2.20. The second-order valence-corrected chi connectivity index (χ2v) is 4.67. The van der Waals surface area contributed by atoms with Crippen LogP contribution in [0.15, 0.2) is 12.7 Å². The molecule has 2 N–H and O–H groups in total.